The Labute approximate surface area is 122 Å². The van der Waals surface area contributed by atoms with Crippen molar-refractivity contribution in [1.29, 1.82) is 0 Å². The van der Waals surface area contributed by atoms with Gasteiger partial charge < -0.3 is 4.55 Å². The molecule has 1 N–H and O–H groups in total. The number of hydrogen-bond donors (Lipinski definition) is 1. The number of carbonyl (C=O) groups is 1. The van der Waals surface area contributed by atoms with E-state index >= 15 is 0 Å². The third-order valence-corrected chi connectivity index (χ3v) is 4.28. The zero-order valence-electron chi connectivity index (χ0n) is 9.82. The van der Waals surface area contributed by atoms with Crippen LogP contribution in [-0.4, -0.2) is 14.5 Å². The molecule has 0 aromatic heterocycles. The standard InChI is InChI=1S/C14H11BrO3S/c15-13(14(16)11-4-2-1-3-5-11)10-6-8-12(9-7-10)19(17)18/h1-9,13H,(H,17,18). The molecule has 0 saturated carbocycles. The van der Waals surface area contributed by atoms with Crippen LogP contribution < -0.4 is 0 Å². The largest absolute Gasteiger partial charge is 0.302 e. The van der Waals surface area contributed by atoms with Crippen molar-refractivity contribution in [3.05, 3.63) is 65.7 Å². The van der Waals surface area contributed by atoms with E-state index in [1.807, 2.05) is 18.2 Å². The number of rotatable bonds is 4. The van der Waals surface area contributed by atoms with Crippen LogP contribution in [-0.2, 0) is 11.1 Å². The Morgan fingerprint density at radius 2 is 1.63 bits per heavy atom. The SMILES string of the molecule is O=C(c1ccccc1)C(Br)c1ccc(S(=O)O)cc1. The first-order chi connectivity index (χ1) is 9.09. The molecule has 0 bridgehead atoms. The van der Waals surface area contributed by atoms with Crippen LogP contribution in [0.15, 0.2) is 59.5 Å². The van der Waals surface area contributed by atoms with E-state index in [-0.39, 0.29) is 5.78 Å². The lowest BCUT2D eigenvalue weighted by atomic mass is 10.0. The molecule has 2 unspecified atom stereocenters. The molecule has 3 nitrogen and oxygen atoms in total. The normalized spacial score (nSPS) is 13.8. The average Bonchev–Trinajstić information content (AvgIpc) is 2.46. The smallest absolute Gasteiger partial charge is 0.186 e. The molecule has 0 spiro atoms. The summed E-state index contributed by atoms with van der Waals surface area (Å²) in [5.41, 5.74) is 1.38. The van der Waals surface area contributed by atoms with Crippen LogP contribution in [0.2, 0.25) is 0 Å². The zero-order valence-corrected chi connectivity index (χ0v) is 12.2. The molecule has 0 aliphatic carbocycles. The molecule has 0 fully saturated rings. The van der Waals surface area contributed by atoms with E-state index < -0.39 is 15.9 Å². The first kappa shape index (κ1) is 14.1. The summed E-state index contributed by atoms with van der Waals surface area (Å²) in [5.74, 6) is -0.0431. The predicted molar refractivity (Wildman–Crippen MR) is 77.9 cm³/mol. The Bertz CT molecular complexity index is 596. The van der Waals surface area contributed by atoms with Crippen molar-refractivity contribution >= 4 is 32.8 Å². The number of halogens is 1. The Morgan fingerprint density at radius 1 is 1.05 bits per heavy atom. The highest BCUT2D eigenvalue weighted by Gasteiger charge is 2.18. The number of carbonyl (C=O) groups excluding carboxylic acids is 1. The maximum atomic E-state index is 12.2. The quantitative estimate of drug-likeness (QED) is 0.526. The summed E-state index contributed by atoms with van der Waals surface area (Å²) in [6.45, 7) is 0. The second-order valence-corrected chi connectivity index (χ2v) is 5.80. The highest BCUT2D eigenvalue weighted by atomic mass is 79.9. The lowest BCUT2D eigenvalue weighted by Crippen LogP contribution is -2.07. The number of benzene rings is 2. The maximum absolute atomic E-state index is 12.2. The molecule has 2 atom stereocenters. The summed E-state index contributed by atoms with van der Waals surface area (Å²) in [4.78, 5) is 12.1. The van der Waals surface area contributed by atoms with Gasteiger partial charge in [-0.2, -0.15) is 0 Å². The topological polar surface area (TPSA) is 54.4 Å². The van der Waals surface area contributed by atoms with Gasteiger partial charge in [0.15, 0.2) is 16.9 Å². The molecular weight excluding hydrogens is 328 g/mol. The highest BCUT2D eigenvalue weighted by Crippen LogP contribution is 2.27. The van der Waals surface area contributed by atoms with E-state index in [1.165, 1.54) is 12.1 Å². The highest BCUT2D eigenvalue weighted by molar-refractivity contribution is 9.09. The van der Waals surface area contributed by atoms with Crippen molar-refractivity contribution in [2.24, 2.45) is 0 Å². The van der Waals surface area contributed by atoms with Crippen LogP contribution >= 0.6 is 15.9 Å². The summed E-state index contributed by atoms with van der Waals surface area (Å²) in [6, 6.07) is 15.4. The van der Waals surface area contributed by atoms with Gasteiger partial charge in [-0.1, -0.05) is 58.4 Å². The molecule has 98 valence electrons. The Hall–Kier alpha value is -1.30. The van der Waals surface area contributed by atoms with Gasteiger partial charge in [-0.15, -0.1) is 0 Å². The molecule has 5 heteroatoms. The van der Waals surface area contributed by atoms with Gasteiger partial charge in [-0.05, 0) is 17.7 Å². The summed E-state index contributed by atoms with van der Waals surface area (Å²) < 4.78 is 19.8. The Balaban J connectivity index is 2.22. The van der Waals surface area contributed by atoms with E-state index in [2.05, 4.69) is 15.9 Å². The second-order valence-electron chi connectivity index (χ2n) is 3.91. The number of ketones is 1. The lowest BCUT2D eigenvalue weighted by molar-refractivity contribution is 0.0991. The lowest BCUT2D eigenvalue weighted by Gasteiger charge is -2.09. The van der Waals surface area contributed by atoms with Crippen LogP contribution in [0.25, 0.3) is 0 Å². The molecule has 0 aliphatic heterocycles. The molecule has 0 radical (unpaired) electrons. The van der Waals surface area contributed by atoms with Crippen molar-refractivity contribution in [3.63, 3.8) is 0 Å². The maximum Gasteiger partial charge on any atom is 0.186 e. The van der Waals surface area contributed by atoms with Gasteiger partial charge in [0.2, 0.25) is 0 Å². The van der Waals surface area contributed by atoms with Crippen molar-refractivity contribution < 1.29 is 13.6 Å². The average molecular weight is 339 g/mol. The molecule has 0 heterocycles. The number of alkyl halides is 1. The fraction of sp³-hybridized carbons (Fsp3) is 0.0714. The van der Waals surface area contributed by atoms with E-state index in [0.29, 0.717) is 10.5 Å². The van der Waals surface area contributed by atoms with Crippen LogP contribution in [0, 0.1) is 0 Å². The van der Waals surface area contributed by atoms with Crippen LogP contribution in [0.5, 0.6) is 0 Å². The van der Waals surface area contributed by atoms with Gasteiger partial charge in [0.25, 0.3) is 0 Å². The van der Waals surface area contributed by atoms with Crippen molar-refractivity contribution in [2.75, 3.05) is 0 Å². The fourth-order valence-corrected chi connectivity index (χ4v) is 2.59. The van der Waals surface area contributed by atoms with Gasteiger partial charge in [-0.25, -0.2) is 4.21 Å². The van der Waals surface area contributed by atoms with Gasteiger partial charge in [0.1, 0.15) is 4.83 Å². The van der Waals surface area contributed by atoms with E-state index in [9.17, 15) is 9.00 Å². The van der Waals surface area contributed by atoms with E-state index in [4.69, 9.17) is 4.55 Å². The van der Waals surface area contributed by atoms with Gasteiger partial charge in [0.05, 0.1) is 4.90 Å². The van der Waals surface area contributed by atoms with Gasteiger partial charge >= 0.3 is 0 Å². The van der Waals surface area contributed by atoms with E-state index in [0.717, 1.165) is 5.56 Å². The monoisotopic (exact) mass is 338 g/mol. The molecule has 0 saturated heterocycles. The van der Waals surface area contributed by atoms with Crippen LogP contribution in [0.1, 0.15) is 20.7 Å². The van der Waals surface area contributed by atoms with Gasteiger partial charge in [0, 0.05) is 5.56 Å². The van der Waals surface area contributed by atoms with Crippen molar-refractivity contribution in [2.45, 2.75) is 9.72 Å². The number of Topliss-reactive ketones (excluding diaryl/α,β-unsaturated/α-hetero) is 1. The Morgan fingerprint density at radius 3 is 2.16 bits per heavy atom. The second kappa shape index (κ2) is 6.23. The third kappa shape index (κ3) is 3.37. The molecule has 0 aliphatic rings. The molecule has 2 rings (SSSR count). The first-order valence-electron chi connectivity index (χ1n) is 5.54. The van der Waals surface area contributed by atoms with E-state index in [1.54, 1.807) is 24.3 Å². The fourth-order valence-electron chi connectivity index (χ4n) is 1.65. The molecular formula is C14H11BrO3S. The molecule has 2 aromatic carbocycles. The molecule has 2 aromatic rings. The van der Waals surface area contributed by atoms with Crippen LogP contribution in [0.3, 0.4) is 0 Å². The summed E-state index contributed by atoms with van der Waals surface area (Å²) in [6.07, 6.45) is 0. The number of hydrogen-bond acceptors (Lipinski definition) is 2. The summed E-state index contributed by atoms with van der Waals surface area (Å²) in [5, 5.41) is 0. The minimum atomic E-state index is -2.00. The van der Waals surface area contributed by atoms with Crippen LogP contribution in [0.4, 0.5) is 0 Å². The summed E-state index contributed by atoms with van der Waals surface area (Å²) in [7, 11) is 0. The minimum absolute atomic E-state index is 0.0431. The molecule has 19 heavy (non-hydrogen) atoms. The zero-order chi connectivity index (χ0) is 13.8. The summed E-state index contributed by atoms with van der Waals surface area (Å²) >= 11 is 1.36. The predicted octanol–water partition coefficient (Wildman–Crippen LogP) is 3.59. The third-order valence-electron chi connectivity index (χ3n) is 2.66. The molecule has 0 amide bonds. The first-order valence-corrected chi connectivity index (χ1v) is 7.56. The van der Waals surface area contributed by atoms with Crippen molar-refractivity contribution in [3.8, 4) is 0 Å². The van der Waals surface area contributed by atoms with Gasteiger partial charge in [-0.3, -0.25) is 4.79 Å². The van der Waals surface area contributed by atoms with Crippen molar-refractivity contribution in [1.82, 2.24) is 0 Å². The Kier molecular flexibility index (Phi) is 4.63. The minimum Gasteiger partial charge on any atom is -0.302 e.